The summed E-state index contributed by atoms with van der Waals surface area (Å²) in [6.45, 7) is 4.25. The second-order valence-corrected chi connectivity index (χ2v) is 8.72. The summed E-state index contributed by atoms with van der Waals surface area (Å²) in [7, 11) is 0. The minimum absolute atomic E-state index is 0.287. The van der Waals surface area contributed by atoms with E-state index in [1.54, 1.807) is 31.4 Å². The molecule has 2 aromatic heterocycles. The second kappa shape index (κ2) is 8.69. The molecule has 4 rings (SSSR count). The van der Waals surface area contributed by atoms with Gasteiger partial charge in [0.15, 0.2) is 0 Å². The number of amides is 3. The second-order valence-electron chi connectivity index (χ2n) is 7.61. The first-order valence-electron chi connectivity index (χ1n) is 9.97. The maximum Gasteiger partial charge on any atom is 0.325 e. The van der Waals surface area contributed by atoms with Gasteiger partial charge in [-0.2, -0.15) is 0 Å². The highest BCUT2D eigenvalue weighted by Gasteiger charge is 2.44. The van der Waals surface area contributed by atoms with Gasteiger partial charge in [0.1, 0.15) is 5.54 Å². The van der Waals surface area contributed by atoms with Crippen LogP contribution in [0.5, 0.6) is 0 Å². The Balaban J connectivity index is 1.39. The smallest absolute Gasteiger partial charge is 0.325 e. The number of hydrogen-bond donors (Lipinski definition) is 2. The number of hydrogen-bond acceptors (Lipinski definition) is 6. The normalized spacial score (nSPS) is 15.5. The minimum atomic E-state index is -0.859. The molecule has 0 aliphatic carbocycles. The van der Waals surface area contributed by atoms with Crippen molar-refractivity contribution >= 4 is 41.4 Å². The van der Waals surface area contributed by atoms with Crippen LogP contribution in [-0.4, -0.2) is 45.4 Å². The molecule has 0 atom stereocenters. The number of rotatable bonds is 7. The molecule has 8 heteroatoms. The third-order valence-corrected chi connectivity index (χ3v) is 6.16. The molecule has 7 nitrogen and oxygen atoms in total. The van der Waals surface area contributed by atoms with Crippen LogP contribution in [0.25, 0.3) is 22.7 Å². The van der Waals surface area contributed by atoms with E-state index in [4.69, 9.17) is 0 Å². The van der Waals surface area contributed by atoms with Crippen molar-refractivity contribution in [1.29, 1.82) is 0 Å². The van der Waals surface area contributed by atoms with Crippen molar-refractivity contribution in [2.45, 2.75) is 19.4 Å². The van der Waals surface area contributed by atoms with E-state index in [1.165, 1.54) is 4.90 Å². The van der Waals surface area contributed by atoms with E-state index in [9.17, 15) is 9.59 Å². The Hall–Kier alpha value is -3.52. The molecule has 0 spiro atoms. The molecule has 3 amide bonds. The number of imide groups is 1. The van der Waals surface area contributed by atoms with E-state index >= 15 is 0 Å². The van der Waals surface area contributed by atoms with Gasteiger partial charge in [-0.3, -0.25) is 10.1 Å². The molecule has 1 aliphatic heterocycles. The number of carbonyl (C=O) groups excluding carboxylic acids is 2. The standard InChI is InChI=1S/C23H23N5O2S/c1-23(2)20(29)27-22(30)28(23)15-14-25-21-24-13-12-18(26-21)19-11-10-17(31-19)9-8-16-6-4-3-5-7-16/h3-13H,14-15H2,1-2H3,(H,24,25,26)(H,27,29,30)/b9-8+. The zero-order chi connectivity index (χ0) is 21.8. The summed E-state index contributed by atoms with van der Waals surface area (Å²) in [5.74, 6) is 0.196. The van der Waals surface area contributed by atoms with Gasteiger partial charge in [0.25, 0.3) is 5.91 Å². The predicted molar refractivity (Wildman–Crippen MR) is 124 cm³/mol. The van der Waals surface area contributed by atoms with Gasteiger partial charge in [-0.15, -0.1) is 11.3 Å². The van der Waals surface area contributed by atoms with E-state index in [0.29, 0.717) is 19.0 Å². The maximum absolute atomic E-state index is 12.0. The summed E-state index contributed by atoms with van der Waals surface area (Å²) in [6.07, 6.45) is 5.89. The van der Waals surface area contributed by atoms with Gasteiger partial charge < -0.3 is 10.2 Å². The summed E-state index contributed by atoms with van der Waals surface area (Å²) in [5.41, 5.74) is 1.13. The van der Waals surface area contributed by atoms with Crippen molar-refractivity contribution in [3.8, 4) is 10.6 Å². The fourth-order valence-corrected chi connectivity index (χ4v) is 4.14. The first-order valence-corrected chi connectivity index (χ1v) is 10.8. The Bertz CT molecular complexity index is 1120. The van der Waals surface area contributed by atoms with Gasteiger partial charge in [-0.1, -0.05) is 36.4 Å². The zero-order valence-electron chi connectivity index (χ0n) is 17.3. The SMILES string of the molecule is CC1(C)C(=O)NC(=O)N1CCNc1nccc(-c2ccc(/C=C/c3ccccc3)s2)n1. The quantitative estimate of drug-likeness (QED) is 0.548. The lowest BCUT2D eigenvalue weighted by Crippen LogP contribution is -2.46. The van der Waals surface area contributed by atoms with E-state index < -0.39 is 5.54 Å². The molecule has 0 bridgehead atoms. The molecule has 31 heavy (non-hydrogen) atoms. The molecule has 1 fully saturated rings. The fraction of sp³-hybridized carbons (Fsp3) is 0.217. The van der Waals surface area contributed by atoms with Crippen LogP contribution in [0.3, 0.4) is 0 Å². The van der Waals surface area contributed by atoms with Gasteiger partial charge in [-0.05, 0) is 43.7 Å². The van der Waals surface area contributed by atoms with Crippen LogP contribution >= 0.6 is 11.3 Å². The number of thiophene rings is 1. The van der Waals surface area contributed by atoms with Crippen LogP contribution in [0.4, 0.5) is 10.7 Å². The number of carbonyl (C=O) groups is 2. The van der Waals surface area contributed by atoms with E-state index in [2.05, 4.69) is 51.0 Å². The first-order chi connectivity index (χ1) is 14.9. The van der Waals surface area contributed by atoms with Crippen LogP contribution in [0.15, 0.2) is 54.7 Å². The molecule has 0 radical (unpaired) electrons. The number of nitrogens with zero attached hydrogens (tertiary/aromatic N) is 3. The number of nitrogens with one attached hydrogen (secondary N) is 2. The third-order valence-electron chi connectivity index (χ3n) is 5.09. The molecular formula is C23H23N5O2S. The number of benzene rings is 1. The highest BCUT2D eigenvalue weighted by Crippen LogP contribution is 2.28. The summed E-state index contributed by atoms with van der Waals surface area (Å²) in [5, 5.41) is 5.49. The Morgan fingerprint density at radius 1 is 1.10 bits per heavy atom. The highest BCUT2D eigenvalue weighted by molar-refractivity contribution is 7.16. The van der Waals surface area contributed by atoms with Crippen molar-refractivity contribution in [1.82, 2.24) is 20.2 Å². The van der Waals surface area contributed by atoms with Gasteiger partial charge in [0.05, 0.1) is 10.6 Å². The minimum Gasteiger partial charge on any atom is -0.352 e. The van der Waals surface area contributed by atoms with E-state index in [1.807, 2.05) is 30.3 Å². The van der Waals surface area contributed by atoms with Crippen molar-refractivity contribution in [2.75, 3.05) is 18.4 Å². The highest BCUT2D eigenvalue weighted by atomic mass is 32.1. The maximum atomic E-state index is 12.0. The molecule has 2 N–H and O–H groups in total. The third kappa shape index (κ3) is 4.64. The van der Waals surface area contributed by atoms with Crippen molar-refractivity contribution in [2.24, 2.45) is 0 Å². The number of anilines is 1. The average Bonchev–Trinajstić information content (AvgIpc) is 3.31. The monoisotopic (exact) mass is 433 g/mol. The molecule has 0 unspecified atom stereocenters. The van der Waals surface area contributed by atoms with Gasteiger partial charge >= 0.3 is 6.03 Å². The lowest BCUT2D eigenvalue weighted by molar-refractivity contribution is -0.125. The Kier molecular flexibility index (Phi) is 5.81. The lowest BCUT2D eigenvalue weighted by Gasteiger charge is -2.27. The Morgan fingerprint density at radius 2 is 1.90 bits per heavy atom. The van der Waals surface area contributed by atoms with Gasteiger partial charge in [0.2, 0.25) is 5.95 Å². The number of aromatic nitrogens is 2. The van der Waals surface area contributed by atoms with Crippen molar-refractivity contribution in [3.63, 3.8) is 0 Å². The molecule has 3 heterocycles. The predicted octanol–water partition coefficient (Wildman–Crippen LogP) is 4.12. The summed E-state index contributed by atoms with van der Waals surface area (Å²) in [4.78, 5) is 36.4. The molecule has 1 aromatic carbocycles. The fourth-order valence-electron chi connectivity index (χ4n) is 3.26. The topological polar surface area (TPSA) is 87.2 Å². The Morgan fingerprint density at radius 3 is 2.65 bits per heavy atom. The molecule has 3 aromatic rings. The molecule has 1 saturated heterocycles. The molecule has 0 saturated carbocycles. The van der Waals surface area contributed by atoms with E-state index in [0.717, 1.165) is 21.0 Å². The van der Waals surface area contributed by atoms with Crippen LogP contribution in [0.1, 0.15) is 24.3 Å². The van der Waals surface area contributed by atoms with Crippen LogP contribution in [-0.2, 0) is 4.79 Å². The molecule has 158 valence electrons. The number of urea groups is 1. The largest absolute Gasteiger partial charge is 0.352 e. The first kappa shape index (κ1) is 20.7. The summed E-state index contributed by atoms with van der Waals surface area (Å²) >= 11 is 1.65. The summed E-state index contributed by atoms with van der Waals surface area (Å²) in [6, 6.07) is 15.8. The van der Waals surface area contributed by atoms with Crippen LogP contribution in [0, 0.1) is 0 Å². The molecule has 1 aliphatic rings. The van der Waals surface area contributed by atoms with Crippen LogP contribution in [0.2, 0.25) is 0 Å². The van der Waals surface area contributed by atoms with Gasteiger partial charge in [0, 0.05) is 24.2 Å². The summed E-state index contributed by atoms with van der Waals surface area (Å²) < 4.78 is 0. The van der Waals surface area contributed by atoms with Crippen molar-refractivity contribution < 1.29 is 9.59 Å². The van der Waals surface area contributed by atoms with E-state index in [-0.39, 0.29) is 11.9 Å². The average molecular weight is 434 g/mol. The lowest BCUT2D eigenvalue weighted by atomic mass is 10.0. The molecular weight excluding hydrogens is 410 g/mol. The van der Waals surface area contributed by atoms with Gasteiger partial charge in [-0.25, -0.2) is 14.8 Å². The van der Waals surface area contributed by atoms with Crippen molar-refractivity contribution in [3.05, 3.63) is 65.2 Å². The zero-order valence-corrected chi connectivity index (χ0v) is 18.1. The Labute approximate surface area is 184 Å². The van der Waals surface area contributed by atoms with Crippen LogP contribution < -0.4 is 10.6 Å².